The van der Waals surface area contributed by atoms with Crippen molar-refractivity contribution in [3.8, 4) is 0 Å². The maximum Gasteiger partial charge on any atom is 0.255 e. The Hall–Kier alpha value is -1.49. The van der Waals surface area contributed by atoms with Gasteiger partial charge >= 0.3 is 0 Å². The topological polar surface area (TPSA) is 59.2 Å². The summed E-state index contributed by atoms with van der Waals surface area (Å²) in [5.74, 6) is -0.393. The SMILES string of the molecule is CC(C)C1(N)CN(C(=O)c2cncc(F)c2)C1. The van der Waals surface area contributed by atoms with Gasteiger partial charge in [-0.3, -0.25) is 9.78 Å². The van der Waals surface area contributed by atoms with Crippen LogP contribution in [0.2, 0.25) is 0 Å². The van der Waals surface area contributed by atoms with Gasteiger partial charge in [0.1, 0.15) is 5.82 Å². The van der Waals surface area contributed by atoms with Crippen molar-refractivity contribution >= 4 is 5.91 Å². The molecule has 2 rings (SSSR count). The second kappa shape index (κ2) is 4.07. The van der Waals surface area contributed by atoms with E-state index in [4.69, 9.17) is 5.73 Å². The molecule has 4 nitrogen and oxygen atoms in total. The van der Waals surface area contributed by atoms with Crippen molar-refractivity contribution in [2.75, 3.05) is 13.1 Å². The zero-order chi connectivity index (χ0) is 12.6. The Kier molecular flexibility index (Phi) is 2.87. The Bertz CT molecular complexity index is 441. The van der Waals surface area contributed by atoms with Gasteiger partial charge in [0.25, 0.3) is 5.91 Å². The third-order valence-electron chi connectivity index (χ3n) is 3.36. The quantitative estimate of drug-likeness (QED) is 0.835. The first kappa shape index (κ1) is 12.0. The summed E-state index contributed by atoms with van der Waals surface area (Å²) in [7, 11) is 0. The largest absolute Gasteiger partial charge is 0.335 e. The van der Waals surface area contributed by atoms with Gasteiger partial charge in [-0.2, -0.15) is 0 Å². The second-order valence-corrected chi connectivity index (χ2v) is 4.94. The van der Waals surface area contributed by atoms with Gasteiger partial charge in [-0.25, -0.2) is 4.39 Å². The lowest BCUT2D eigenvalue weighted by Crippen LogP contribution is -2.71. The van der Waals surface area contributed by atoms with E-state index in [1.165, 1.54) is 12.3 Å². The van der Waals surface area contributed by atoms with Gasteiger partial charge < -0.3 is 10.6 Å². The van der Waals surface area contributed by atoms with Gasteiger partial charge in [0, 0.05) is 19.3 Å². The van der Waals surface area contributed by atoms with Crippen LogP contribution in [-0.2, 0) is 0 Å². The fraction of sp³-hybridized carbons (Fsp3) is 0.500. The summed E-state index contributed by atoms with van der Waals surface area (Å²) in [5.41, 5.74) is 6.06. The van der Waals surface area contributed by atoms with Crippen molar-refractivity contribution in [3.63, 3.8) is 0 Å². The third kappa shape index (κ3) is 2.15. The van der Waals surface area contributed by atoms with Crippen LogP contribution in [0.25, 0.3) is 0 Å². The van der Waals surface area contributed by atoms with Gasteiger partial charge in [-0.15, -0.1) is 0 Å². The lowest BCUT2D eigenvalue weighted by atomic mass is 9.80. The van der Waals surface area contributed by atoms with Crippen LogP contribution in [0, 0.1) is 11.7 Å². The highest BCUT2D eigenvalue weighted by molar-refractivity contribution is 5.94. The standard InChI is InChI=1S/C12H16FN3O/c1-8(2)12(14)6-16(7-12)11(17)9-3-10(13)5-15-4-9/h3-5,8H,6-7,14H2,1-2H3. The number of hydrogen-bond acceptors (Lipinski definition) is 3. The predicted octanol–water partition coefficient (Wildman–Crippen LogP) is 1.03. The summed E-state index contributed by atoms with van der Waals surface area (Å²) in [5, 5.41) is 0. The summed E-state index contributed by atoms with van der Waals surface area (Å²) < 4.78 is 12.9. The average molecular weight is 237 g/mol. The van der Waals surface area contributed by atoms with Crippen LogP contribution in [0.5, 0.6) is 0 Å². The second-order valence-electron chi connectivity index (χ2n) is 4.94. The molecule has 1 saturated heterocycles. The Labute approximate surface area is 99.6 Å². The minimum Gasteiger partial charge on any atom is -0.335 e. The Morgan fingerprint density at radius 1 is 1.53 bits per heavy atom. The summed E-state index contributed by atoms with van der Waals surface area (Å²) in [6.07, 6.45) is 2.45. The zero-order valence-corrected chi connectivity index (χ0v) is 9.98. The van der Waals surface area contributed by atoms with E-state index in [0.717, 1.165) is 6.20 Å². The molecular weight excluding hydrogens is 221 g/mol. The van der Waals surface area contributed by atoms with Crippen LogP contribution >= 0.6 is 0 Å². The van der Waals surface area contributed by atoms with Crippen molar-refractivity contribution in [2.24, 2.45) is 11.7 Å². The number of aromatic nitrogens is 1. The fourth-order valence-corrected chi connectivity index (χ4v) is 1.88. The molecule has 1 aliphatic heterocycles. The third-order valence-corrected chi connectivity index (χ3v) is 3.36. The van der Waals surface area contributed by atoms with E-state index in [1.807, 2.05) is 13.8 Å². The highest BCUT2D eigenvalue weighted by atomic mass is 19.1. The number of nitrogens with two attached hydrogens (primary N) is 1. The monoisotopic (exact) mass is 237 g/mol. The van der Waals surface area contributed by atoms with Crippen molar-refractivity contribution in [3.05, 3.63) is 29.8 Å². The molecule has 2 N–H and O–H groups in total. The Morgan fingerprint density at radius 3 is 2.71 bits per heavy atom. The lowest BCUT2D eigenvalue weighted by Gasteiger charge is -2.50. The highest BCUT2D eigenvalue weighted by Gasteiger charge is 2.44. The van der Waals surface area contributed by atoms with E-state index in [9.17, 15) is 9.18 Å². The number of hydrogen-bond donors (Lipinski definition) is 1. The molecule has 1 aliphatic rings. The van der Waals surface area contributed by atoms with E-state index < -0.39 is 5.82 Å². The van der Waals surface area contributed by atoms with E-state index >= 15 is 0 Å². The number of carbonyl (C=O) groups is 1. The Morgan fingerprint density at radius 2 is 2.18 bits per heavy atom. The van der Waals surface area contributed by atoms with E-state index in [1.54, 1.807) is 4.90 Å². The number of pyridine rings is 1. The molecule has 1 fully saturated rings. The first-order valence-corrected chi connectivity index (χ1v) is 5.61. The lowest BCUT2D eigenvalue weighted by molar-refractivity contribution is 0.0274. The molecule has 2 heterocycles. The van der Waals surface area contributed by atoms with Gasteiger partial charge in [0.15, 0.2) is 0 Å². The molecule has 0 bridgehead atoms. The number of likely N-dealkylation sites (tertiary alicyclic amines) is 1. The van der Waals surface area contributed by atoms with E-state index in [-0.39, 0.29) is 17.0 Å². The molecular formula is C12H16FN3O. The highest BCUT2D eigenvalue weighted by Crippen LogP contribution is 2.27. The van der Waals surface area contributed by atoms with Crippen LogP contribution in [0.1, 0.15) is 24.2 Å². The first-order valence-electron chi connectivity index (χ1n) is 5.61. The van der Waals surface area contributed by atoms with E-state index in [0.29, 0.717) is 19.0 Å². The smallest absolute Gasteiger partial charge is 0.255 e. The fourth-order valence-electron chi connectivity index (χ4n) is 1.88. The van der Waals surface area contributed by atoms with Crippen LogP contribution in [0.4, 0.5) is 4.39 Å². The minimum atomic E-state index is -0.501. The molecule has 92 valence electrons. The Balaban J connectivity index is 2.05. The van der Waals surface area contributed by atoms with Crippen molar-refractivity contribution in [1.29, 1.82) is 0 Å². The molecule has 0 radical (unpaired) electrons. The van der Waals surface area contributed by atoms with Gasteiger partial charge in [0.2, 0.25) is 0 Å². The van der Waals surface area contributed by atoms with Crippen molar-refractivity contribution in [2.45, 2.75) is 19.4 Å². The predicted molar refractivity (Wildman–Crippen MR) is 61.9 cm³/mol. The molecule has 0 unspecified atom stereocenters. The number of halogens is 1. The molecule has 1 aromatic rings. The van der Waals surface area contributed by atoms with Gasteiger partial charge in [0.05, 0.1) is 17.3 Å². The molecule has 0 atom stereocenters. The van der Waals surface area contributed by atoms with E-state index in [2.05, 4.69) is 4.98 Å². The van der Waals surface area contributed by atoms with Crippen molar-refractivity contribution < 1.29 is 9.18 Å². The molecule has 0 saturated carbocycles. The summed E-state index contributed by atoms with van der Waals surface area (Å²) in [6, 6.07) is 1.20. The van der Waals surface area contributed by atoms with Crippen LogP contribution < -0.4 is 5.73 Å². The van der Waals surface area contributed by atoms with Crippen molar-refractivity contribution in [1.82, 2.24) is 9.88 Å². The van der Waals surface area contributed by atoms with Gasteiger partial charge in [-0.05, 0) is 12.0 Å². The average Bonchev–Trinajstić information content (AvgIpc) is 2.23. The van der Waals surface area contributed by atoms with Gasteiger partial charge in [-0.1, -0.05) is 13.8 Å². The minimum absolute atomic E-state index is 0.210. The number of nitrogens with zero attached hydrogens (tertiary/aromatic N) is 2. The van der Waals surface area contributed by atoms with Crippen LogP contribution in [-0.4, -0.2) is 34.4 Å². The van der Waals surface area contributed by atoms with Crippen LogP contribution in [0.3, 0.4) is 0 Å². The number of carbonyl (C=O) groups excluding carboxylic acids is 1. The molecule has 1 aromatic heterocycles. The molecule has 0 spiro atoms. The molecule has 17 heavy (non-hydrogen) atoms. The zero-order valence-electron chi connectivity index (χ0n) is 9.98. The number of amides is 1. The maximum atomic E-state index is 12.9. The molecule has 0 aliphatic carbocycles. The molecule has 1 amide bonds. The normalized spacial score (nSPS) is 18.1. The molecule has 5 heteroatoms. The summed E-state index contributed by atoms with van der Waals surface area (Å²) in [6.45, 7) is 5.09. The summed E-state index contributed by atoms with van der Waals surface area (Å²) in [4.78, 5) is 17.2. The molecule has 0 aromatic carbocycles. The van der Waals surface area contributed by atoms with Crippen LogP contribution in [0.15, 0.2) is 18.5 Å². The maximum absolute atomic E-state index is 12.9. The summed E-state index contributed by atoms with van der Waals surface area (Å²) >= 11 is 0. The first-order chi connectivity index (χ1) is 7.92. The number of rotatable bonds is 2.